The summed E-state index contributed by atoms with van der Waals surface area (Å²) in [5.41, 5.74) is 1.48. The Kier molecular flexibility index (Phi) is 4.00. The first-order valence-electron chi connectivity index (χ1n) is 5.93. The van der Waals surface area contributed by atoms with E-state index in [1.807, 2.05) is 31.2 Å². The lowest BCUT2D eigenvalue weighted by Crippen LogP contribution is -2.08. The molecular weight excluding hydrogens is 258 g/mol. The molecule has 5 nitrogen and oxygen atoms in total. The summed E-state index contributed by atoms with van der Waals surface area (Å²) in [6, 6.07) is 10.8. The molecule has 0 bridgehead atoms. The predicted octanol–water partition coefficient (Wildman–Crippen LogP) is 2.83. The molecule has 0 unspecified atom stereocenters. The topological polar surface area (TPSA) is 79.5 Å². The van der Waals surface area contributed by atoms with Crippen LogP contribution in [0, 0.1) is 6.92 Å². The number of hydrogen-bond donors (Lipinski definition) is 2. The molecule has 1 amide bonds. The molecular formula is C15H13NO4. The highest BCUT2D eigenvalue weighted by atomic mass is 16.4. The van der Waals surface area contributed by atoms with Gasteiger partial charge in [-0.3, -0.25) is 4.79 Å². The van der Waals surface area contributed by atoms with Crippen molar-refractivity contribution in [2.24, 2.45) is 0 Å². The lowest BCUT2D eigenvalue weighted by Gasteiger charge is -2.03. The second kappa shape index (κ2) is 5.88. The number of aliphatic carboxylic acids is 1. The molecule has 1 heterocycles. The highest BCUT2D eigenvalue weighted by molar-refractivity contribution is 6.02. The summed E-state index contributed by atoms with van der Waals surface area (Å²) in [7, 11) is 0. The summed E-state index contributed by atoms with van der Waals surface area (Å²) in [4.78, 5) is 21.7. The van der Waals surface area contributed by atoms with Crippen LogP contribution in [0.2, 0.25) is 0 Å². The van der Waals surface area contributed by atoms with E-state index in [0.717, 1.165) is 29.2 Å². The van der Waals surface area contributed by atoms with Crippen molar-refractivity contribution >= 4 is 17.6 Å². The fraction of sp³-hybridized carbons (Fsp3) is 0.0667. The minimum absolute atomic E-state index is 0.492. The molecule has 1 aromatic heterocycles. The van der Waals surface area contributed by atoms with E-state index in [0.29, 0.717) is 5.69 Å². The predicted molar refractivity (Wildman–Crippen MR) is 74.3 cm³/mol. The standard InChI is InChI=1S/C15H13NO4/c1-10-2-7-13(20-10)11-3-5-12(6-4-11)16-14(17)8-9-15(18)19/h2-9H,1H3,(H,16,17)(H,18,19). The average Bonchev–Trinajstić information content (AvgIpc) is 2.84. The number of carboxylic acid groups (broad SMARTS) is 1. The molecule has 0 aliphatic rings. The van der Waals surface area contributed by atoms with Gasteiger partial charge < -0.3 is 14.8 Å². The Bertz CT molecular complexity index is 653. The maximum Gasteiger partial charge on any atom is 0.328 e. The van der Waals surface area contributed by atoms with E-state index in [4.69, 9.17) is 9.52 Å². The number of nitrogens with one attached hydrogen (secondary N) is 1. The van der Waals surface area contributed by atoms with E-state index in [2.05, 4.69) is 5.32 Å². The third kappa shape index (κ3) is 3.58. The van der Waals surface area contributed by atoms with Gasteiger partial charge in [0, 0.05) is 23.4 Å². The van der Waals surface area contributed by atoms with Crippen LogP contribution in [0.4, 0.5) is 5.69 Å². The molecule has 102 valence electrons. The van der Waals surface area contributed by atoms with Gasteiger partial charge in [-0.05, 0) is 43.3 Å². The van der Waals surface area contributed by atoms with Crippen molar-refractivity contribution in [3.05, 3.63) is 54.3 Å². The second-order valence-corrected chi connectivity index (χ2v) is 4.15. The van der Waals surface area contributed by atoms with E-state index in [1.165, 1.54) is 0 Å². The number of anilines is 1. The van der Waals surface area contributed by atoms with E-state index >= 15 is 0 Å². The van der Waals surface area contributed by atoms with Gasteiger partial charge in [-0.2, -0.15) is 0 Å². The molecule has 0 atom stereocenters. The van der Waals surface area contributed by atoms with Gasteiger partial charge in [-0.25, -0.2) is 4.79 Å². The third-order valence-electron chi connectivity index (χ3n) is 2.55. The summed E-state index contributed by atoms with van der Waals surface area (Å²) < 4.78 is 5.49. The third-order valence-corrected chi connectivity index (χ3v) is 2.55. The van der Waals surface area contributed by atoms with Crippen LogP contribution < -0.4 is 5.32 Å². The largest absolute Gasteiger partial charge is 0.478 e. The van der Waals surface area contributed by atoms with Gasteiger partial charge in [-0.1, -0.05) is 0 Å². The molecule has 0 saturated heterocycles. The summed E-state index contributed by atoms with van der Waals surface area (Å²) in [6.07, 6.45) is 1.75. The van der Waals surface area contributed by atoms with E-state index in [1.54, 1.807) is 12.1 Å². The normalized spacial score (nSPS) is 10.7. The van der Waals surface area contributed by atoms with Gasteiger partial charge in [-0.15, -0.1) is 0 Å². The molecule has 0 aliphatic heterocycles. The number of carboxylic acids is 1. The molecule has 5 heteroatoms. The molecule has 2 N–H and O–H groups in total. The number of amides is 1. The number of furan rings is 1. The molecule has 0 aliphatic carbocycles. The second-order valence-electron chi connectivity index (χ2n) is 4.15. The maximum absolute atomic E-state index is 11.4. The van der Waals surface area contributed by atoms with Crippen LogP contribution in [0.5, 0.6) is 0 Å². The summed E-state index contributed by atoms with van der Waals surface area (Å²) in [5.74, 6) is -0.0694. The minimum atomic E-state index is -1.16. The zero-order chi connectivity index (χ0) is 14.5. The summed E-state index contributed by atoms with van der Waals surface area (Å²) >= 11 is 0. The van der Waals surface area contributed by atoms with Crippen LogP contribution in [0.1, 0.15) is 5.76 Å². The fourth-order valence-electron chi connectivity index (χ4n) is 1.64. The SMILES string of the molecule is Cc1ccc(-c2ccc(NC(=O)C=CC(=O)O)cc2)o1. The number of rotatable bonds is 4. The van der Waals surface area contributed by atoms with Crippen molar-refractivity contribution in [3.8, 4) is 11.3 Å². The van der Waals surface area contributed by atoms with Crippen molar-refractivity contribution in [1.82, 2.24) is 0 Å². The number of carbonyl (C=O) groups excluding carboxylic acids is 1. The molecule has 20 heavy (non-hydrogen) atoms. The molecule has 2 rings (SSSR count). The molecule has 0 radical (unpaired) electrons. The van der Waals surface area contributed by atoms with Crippen LogP contribution in [0.3, 0.4) is 0 Å². The van der Waals surface area contributed by atoms with Crippen LogP contribution >= 0.6 is 0 Å². The Morgan fingerprint density at radius 1 is 1.10 bits per heavy atom. The molecule has 0 spiro atoms. The highest BCUT2D eigenvalue weighted by Crippen LogP contribution is 2.23. The first kappa shape index (κ1) is 13.6. The Morgan fingerprint density at radius 3 is 2.35 bits per heavy atom. The zero-order valence-corrected chi connectivity index (χ0v) is 10.8. The Labute approximate surface area is 115 Å². The Balaban J connectivity index is 2.05. The molecule has 0 saturated carbocycles. The van der Waals surface area contributed by atoms with E-state index < -0.39 is 11.9 Å². The zero-order valence-electron chi connectivity index (χ0n) is 10.8. The van der Waals surface area contributed by atoms with Crippen molar-refractivity contribution < 1.29 is 19.1 Å². The van der Waals surface area contributed by atoms with Crippen LogP contribution in [-0.2, 0) is 9.59 Å². The smallest absolute Gasteiger partial charge is 0.328 e. The van der Waals surface area contributed by atoms with Crippen molar-refractivity contribution in [3.63, 3.8) is 0 Å². The first-order chi connectivity index (χ1) is 9.54. The fourth-order valence-corrected chi connectivity index (χ4v) is 1.64. The van der Waals surface area contributed by atoms with Crippen LogP contribution in [0.25, 0.3) is 11.3 Å². The van der Waals surface area contributed by atoms with Crippen molar-refractivity contribution in [1.29, 1.82) is 0 Å². The Morgan fingerprint density at radius 2 is 1.80 bits per heavy atom. The maximum atomic E-state index is 11.4. The van der Waals surface area contributed by atoms with Gasteiger partial charge in [0.1, 0.15) is 11.5 Å². The number of benzene rings is 1. The highest BCUT2D eigenvalue weighted by Gasteiger charge is 2.03. The summed E-state index contributed by atoms with van der Waals surface area (Å²) in [5, 5.41) is 11.0. The monoisotopic (exact) mass is 271 g/mol. The van der Waals surface area contributed by atoms with Crippen molar-refractivity contribution in [2.75, 3.05) is 5.32 Å². The van der Waals surface area contributed by atoms with Crippen LogP contribution in [-0.4, -0.2) is 17.0 Å². The first-order valence-corrected chi connectivity index (χ1v) is 5.93. The number of hydrogen-bond acceptors (Lipinski definition) is 3. The van der Waals surface area contributed by atoms with Gasteiger partial charge >= 0.3 is 5.97 Å². The quantitative estimate of drug-likeness (QED) is 0.838. The van der Waals surface area contributed by atoms with Crippen LogP contribution in [0.15, 0.2) is 53.0 Å². The minimum Gasteiger partial charge on any atom is -0.478 e. The summed E-state index contributed by atoms with van der Waals surface area (Å²) in [6.45, 7) is 1.87. The van der Waals surface area contributed by atoms with Crippen molar-refractivity contribution in [2.45, 2.75) is 6.92 Å². The van der Waals surface area contributed by atoms with Gasteiger partial charge in [0.2, 0.25) is 5.91 Å². The van der Waals surface area contributed by atoms with Gasteiger partial charge in [0.25, 0.3) is 0 Å². The lowest BCUT2D eigenvalue weighted by atomic mass is 10.1. The molecule has 1 aromatic carbocycles. The molecule has 0 fully saturated rings. The number of carbonyl (C=O) groups is 2. The lowest BCUT2D eigenvalue weighted by molar-refractivity contribution is -0.131. The van der Waals surface area contributed by atoms with Gasteiger partial charge in [0.05, 0.1) is 0 Å². The van der Waals surface area contributed by atoms with E-state index in [9.17, 15) is 9.59 Å². The number of aryl methyl sites for hydroxylation is 1. The van der Waals surface area contributed by atoms with E-state index in [-0.39, 0.29) is 0 Å². The average molecular weight is 271 g/mol. The molecule has 2 aromatic rings. The Hall–Kier alpha value is -2.82. The van der Waals surface area contributed by atoms with Gasteiger partial charge in [0.15, 0.2) is 0 Å².